The number of ketones is 1. The van der Waals surface area contributed by atoms with Crippen LogP contribution < -0.4 is 4.50 Å². The number of pyridine rings is 1. The van der Waals surface area contributed by atoms with Gasteiger partial charge in [0.1, 0.15) is 8.07 Å². The van der Waals surface area contributed by atoms with Gasteiger partial charge in [0, 0.05) is 54.6 Å². The zero-order valence-electron chi connectivity index (χ0n) is 35.4. The Labute approximate surface area is 347 Å². The van der Waals surface area contributed by atoms with Gasteiger partial charge >= 0.3 is 0 Å². The van der Waals surface area contributed by atoms with Gasteiger partial charge in [0.15, 0.2) is 5.78 Å². The van der Waals surface area contributed by atoms with E-state index in [0.717, 1.165) is 60.8 Å². The maximum Gasteiger partial charge on any atom is 0.162 e. The molecule has 2 heterocycles. The van der Waals surface area contributed by atoms with Crippen LogP contribution in [0.2, 0.25) is 16.6 Å². The fourth-order valence-corrected chi connectivity index (χ4v) is 20.7. The maximum atomic E-state index is 11.7. The van der Waals surface area contributed by atoms with Crippen LogP contribution in [0.3, 0.4) is 0 Å². The summed E-state index contributed by atoms with van der Waals surface area (Å²) in [5.74, 6) is 1.10. The number of rotatable bonds is 15. The van der Waals surface area contributed by atoms with Gasteiger partial charge in [-0.1, -0.05) is 143 Å². The maximum absolute atomic E-state index is 11.7. The minimum absolute atomic E-state index is 0. The van der Waals surface area contributed by atoms with Gasteiger partial charge in [-0.15, -0.1) is 29.1 Å². The number of aliphatic hydroxyl groups excluding tert-OH is 1. The number of hydrogen-bond acceptors (Lipinski definition) is 4. The predicted octanol–water partition coefficient (Wildman–Crippen LogP) is 14.8. The third-order valence-corrected chi connectivity index (χ3v) is 22.4. The van der Waals surface area contributed by atoms with Crippen molar-refractivity contribution in [3.63, 3.8) is 0 Å². The van der Waals surface area contributed by atoms with E-state index in [-0.39, 0.29) is 43.5 Å². The van der Waals surface area contributed by atoms with Crippen LogP contribution in [0.15, 0.2) is 54.4 Å². The summed E-state index contributed by atoms with van der Waals surface area (Å²) in [5.41, 5.74) is 7.69. The van der Waals surface area contributed by atoms with Crippen LogP contribution in [0.4, 0.5) is 0 Å². The second kappa shape index (κ2) is 21.4. The van der Waals surface area contributed by atoms with Gasteiger partial charge in [-0.2, -0.15) is 11.3 Å². The summed E-state index contributed by atoms with van der Waals surface area (Å²) in [7, 11) is -1.78. The van der Waals surface area contributed by atoms with Crippen LogP contribution in [0, 0.1) is 24.8 Å². The van der Waals surface area contributed by atoms with E-state index in [0.29, 0.717) is 5.92 Å². The minimum atomic E-state index is -1.78. The number of nitrogens with zero attached hydrogens (tertiary/aromatic N) is 1. The first kappa shape index (κ1) is 46.3. The standard InChI is InChI=1S/C35H46NSSi.C13H24O2.Ir/c1-8-26(9-2)32-22-28(21-27-15-13-14-18-31(27)32)33-34-30(19-20-36-33)25(7)35(37-34)38(23(3)4,24(5)6)29-16-11-10-12-17-29;1-5-10(6-2)12(14)9-13(15)11(7-3)8-4;/h13-15,18-20,22-24,26,29H,8-12,16-17H2,1-7H3;9-11,14H,5-8H2,1-4H3;/q-1;;/b;12-9-;. The number of fused-ring (bicyclic) bond motifs is 2. The Hall–Kier alpha value is -2.11. The number of aromatic nitrogens is 1. The molecule has 0 spiro atoms. The monoisotopic (exact) mass is 945 g/mol. The number of hydrogen-bond donors (Lipinski definition) is 1. The van der Waals surface area contributed by atoms with E-state index < -0.39 is 8.07 Å². The van der Waals surface area contributed by atoms with Crippen LogP contribution in [0.1, 0.15) is 157 Å². The van der Waals surface area contributed by atoms with Crippen molar-refractivity contribution < 1.29 is 30.0 Å². The first-order valence-electron chi connectivity index (χ1n) is 21.2. The molecule has 0 saturated heterocycles. The number of aryl methyl sites for hydroxylation is 1. The van der Waals surface area contributed by atoms with E-state index in [1.54, 1.807) is 10.1 Å². The molecule has 1 N–H and O–H groups in total. The van der Waals surface area contributed by atoms with Crippen LogP contribution in [0.5, 0.6) is 0 Å². The Kier molecular flexibility index (Phi) is 18.4. The smallest absolute Gasteiger partial charge is 0.162 e. The molecule has 1 aliphatic carbocycles. The van der Waals surface area contributed by atoms with E-state index >= 15 is 0 Å². The molecule has 299 valence electrons. The van der Waals surface area contributed by atoms with Gasteiger partial charge < -0.3 is 5.11 Å². The number of aliphatic hydroxyl groups is 1. The van der Waals surface area contributed by atoms with Gasteiger partial charge in [-0.25, -0.2) is 0 Å². The number of allylic oxidation sites excluding steroid dienone is 2. The second-order valence-electron chi connectivity index (χ2n) is 16.4. The molecule has 1 aliphatic rings. The van der Waals surface area contributed by atoms with Crippen LogP contribution in [0.25, 0.3) is 32.1 Å². The Morgan fingerprint density at radius 3 is 2.02 bits per heavy atom. The van der Waals surface area contributed by atoms with E-state index in [2.05, 4.69) is 108 Å². The zero-order valence-corrected chi connectivity index (χ0v) is 39.6. The molecule has 2 aromatic carbocycles. The summed E-state index contributed by atoms with van der Waals surface area (Å²) in [5, 5.41) is 13.8. The molecule has 0 unspecified atom stereocenters. The molecule has 0 atom stereocenters. The van der Waals surface area contributed by atoms with Crippen LogP contribution in [-0.2, 0) is 24.9 Å². The van der Waals surface area contributed by atoms with Crippen molar-refractivity contribution in [2.45, 2.75) is 169 Å². The topological polar surface area (TPSA) is 50.2 Å². The third kappa shape index (κ3) is 9.70. The minimum Gasteiger partial charge on any atom is -0.512 e. The molecule has 1 saturated carbocycles. The molecule has 5 rings (SSSR count). The second-order valence-corrected chi connectivity index (χ2v) is 23.2. The molecule has 3 nitrogen and oxygen atoms in total. The quantitative estimate of drug-likeness (QED) is 0.0559. The molecule has 2 aromatic heterocycles. The van der Waals surface area contributed by atoms with Crippen molar-refractivity contribution in [3.05, 3.63) is 71.6 Å². The molecule has 54 heavy (non-hydrogen) atoms. The molecular formula is C48H70IrNO2SSi-. The number of carbonyl (C=O) groups is 1. The molecule has 0 bridgehead atoms. The fourth-order valence-electron chi connectivity index (χ4n) is 9.88. The van der Waals surface area contributed by atoms with Crippen molar-refractivity contribution in [3.8, 4) is 11.3 Å². The average Bonchev–Trinajstić information content (AvgIpc) is 3.49. The van der Waals surface area contributed by atoms with E-state index in [1.807, 2.05) is 27.7 Å². The number of thiophene rings is 1. The van der Waals surface area contributed by atoms with Gasteiger partial charge in [0.2, 0.25) is 0 Å². The summed E-state index contributed by atoms with van der Waals surface area (Å²) in [4.78, 5) is 16.8. The van der Waals surface area contributed by atoms with Crippen molar-refractivity contribution in [2.24, 2.45) is 11.8 Å². The Balaban J connectivity index is 0.000000418. The summed E-state index contributed by atoms with van der Waals surface area (Å²) < 4.78 is 3.15. The Morgan fingerprint density at radius 2 is 1.46 bits per heavy atom. The van der Waals surface area contributed by atoms with Crippen molar-refractivity contribution >= 4 is 50.6 Å². The van der Waals surface area contributed by atoms with Crippen molar-refractivity contribution in [2.75, 3.05) is 0 Å². The third-order valence-electron chi connectivity index (χ3n) is 13.0. The first-order chi connectivity index (χ1) is 25.4. The molecule has 6 heteroatoms. The molecule has 1 radical (unpaired) electrons. The summed E-state index contributed by atoms with van der Waals surface area (Å²) >= 11 is 2.11. The Morgan fingerprint density at radius 1 is 0.870 bits per heavy atom. The van der Waals surface area contributed by atoms with Crippen molar-refractivity contribution in [1.29, 1.82) is 0 Å². The van der Waals surface area contributed by atoms with Crippen LogP contribution >= 0.6 is 11.3 Å². The SMILES string of the molecule is CCC(CC)C(=O)/C=C(\O)C(CC)CC.CCC(CC)c1cc(-c2nccc3c(C)c([Si](C(C)C)(C(C)C)C4CCCCC4)sc23)[c-]c2ccccc12.[Ir]. The zero-order chi connectivity index (χ0) is 38.9. The summed E-state index contributed by atoms with van der Waals surface area (Å²) in [6, 6.07) is 17.4. The van der Waals surface area contributed by atoms with E-state index in [1.165, 1.54) is 70.2 Å². The van der Waals surface area contributed by atoms with Crippen LogP contribution in [-0.4, -0.2) is 23.9 Å². The molecule has 4 aromatic rings. The first-order valence-corrected chi connectivity index (χ1v) is 24.3. The Bertz CT molecular complexity index is 1800. The van der Waals surface area contributed by atoms with E-state index in [9.17, 15) is 9.90 Å². The largest absolute Gasteiger partial charge is 0.512 e. The van der Waals surface area contributed by atoms with Gasteiger partial charge in [-0.3, -0.25) is 9.78 Å². The number of carbonyl (C=O) groups excluding carboxylic acids is 1. The normalized spacial score (nSPS) is 14.4. The van der Waals surface area contributed by atoms with Gasteiger partial charge in [-0.05, 0) is 76.7 Å². The molecule has 1 fully saturated rings. The molecule has 0 amide bonds. The van der Waals surface area contributed by atoms with E-state index in [4.69, 9.17) is 4.98 Å². The number of benzene rings is 2. The molecule has 0 aliphatic heterocycles. The van der Waals surface area contributed by atoms with Gasteiger partial charge in [0.05, 0.1) is 5.76 Å². The summed E-state index contributed by atoms with van der Waals surface area (Å²) in [6.45, 7) is 25.3. The predicted molar refractivity (Wildman–Crippen MR) is 236 cm³/mol. The molecular weight excluding hydrogens is 875 g/mol. The summed E-state index contributed by atoms with van der Waals surface area (Å²) in [6.07, 6.45) is 16.4. The fraction of sp³-hybridized carbons (Fsp3) is 0.583. The average molecular weight is 945 g/mol. The van der Waals surface area contributed by atoms with Gasteiger partial charge in [0.25, 0.3) is 0 Å². The van der Waals surface area contributed by atoms with Crippen molar-refractivity contribution in [1.82, 2.24) is 4.98 Å².